The number of alkyl halides is 3. The van der Waals surface area contributed by atoms with Gasteiger partial charge in [-0.2, -0.15) is 13.2 Å². The van der Waals surface area contributed by atoms with Crippen LogP contribution < -0.4 is 5.32 Å². The fourth-order valence-corrected chi connectivity index (χ4v) is 3.35. The minimum Gasteiger partial charge on any atom is -0.357 e. The van der Waals surface area contributed by atoms with Crippen LogP contribution in [0.2, 0.25) is 0 Å². The first kappa shape index (κ1) is 20.3. The summed E-state index contributed by atoms with van der Waals surface area (Å²) in [6.45, 7) is 6.71. The molecule has 25 heavy (non-hydrogen) atoms. The lowest BCUT2D eigenvalue weighted by Gasteiger charge is -2.39. The van der Waals surface area contributed by atoms with Gasteiger partial charge >= 0.3 is 6.18 Å². The van der Waals surface area contributed by atoms with Gasteiger partial charge in [0.25, 0.3) is 0 Å². The lowest BCUT2D eigenvalue weighted by atomic mass is 10.2. The van der Waals surface area contributed by atoms with E-state index in [1.165, 1.54) is 24.7 Å². The Kier molecular flexibility index (Phi) is 6.96. The predicted octanol–water partition coefficient (Wildman–Crippen LogP) is 1.86. The van der Waals surface area contributed by atoms with Crippen molar-refractivity contribution < 1.29 is 13.2 Å². The highest BCUT2D eigenvalue weighted by Crippen LogP contribution is 2.34. The fourth-order valence-electron chi connectivity index (χ4n) is 3.35. The molecule has 5 nitrogen and oxygen atoms in total. The first-order valence-corrected chi connectivity index (χ1v) is 9.24. The molecule has 0 aromatic rings. The second-order valence-electron chi connectivity index (χ2n) is 7.30. The van der Waals surface area contributed by atoms with E-state index in [-0.39, 0.29) is 0 Å². The minimum absolute atomic E-state index is 0.408. The van der Waals surface area contributed by atoms with Gasteiger partial charge in [-0.25, -0.2) is 0 Å². The van der Waals surface area contributed by atoms with Gasteiger partial charge in [0.05, 0.1) is 6.54 Å². The van der Waals surface area contributed by atoms with E-state index in [1.54, 1.807) is 0 Å². The molecule has 1 heterocycles. The number of nitrogens with one attached hydrogen (secondary N) is 1. The van der Waals surface area contributed by atoms with Crippen molar-refractivity contribution in [2.75, 3.05) is 53.4 Å². The zero-order valence-electron chi connectivity index (χ0n) is 15.8. The number of guanidine groups is 1. The molecule has 0 aromatic carbocycles. The third-order valence-electron chi connectivity index (χ3n) is 5.23. The predicted molar refractivity (Wildman–Crippen MR) is 94.8 cm³/mol. The summed E-state index contributed by atoms with van der Waals surface area (Å²) in [6.07, 6.45) is -1.63. The van der Waals surface area contributed by atoms with Crippen molar-refractivity contribution in [2.45, 2.75) is 44.9 Å². The number of halogens is 3. The number of nitrogens with zero attached hydrogens (tertiary/aromatic N) is 4. The van der Waals surface area contributed by atoms with Crippen LogP contribution in [0.25, 0.3) is 0 Å². The molecule has 2 aliphatic rings. The van der Waals surface area contributed by atoms with E-state index in [1.807, 2.05) is 6.92 Å². The summed E-state index contributed by atoms with van der Waals surface area (Å²) in [5.41, 5.74) is 0. The molecule has 1 N–H and O–H groups in total. The van der Waals surface area contributed by atoms with Crippen molar-refractivity contribution in [3.8, 4) is 0 Å². The topological polar surface area (TPSA) is 34.1 Å². The van der Waals surface area contributed by atoms with E-state index >= 15 is 0 Å². The Morgan fingerprint density at radius 2 is 1.80 bits per heavy atom. The van der Waals surface area contributed by atoms with Gasteiger partial charge in [-0.1, -0.05) is 0 Å². The first-order chi connectivity index (χ1) is 11.7. The minimum atomic E-state index is -4.16. The third kappa shape index (κ3) is 5.74. The smallest absolute Gasteiger partial charge is 0.357 e. The molecule has 0 bridgehead atoms. The summed E-state index contributed by atoms with van der Waals surface area (Å²) >= 11 is 0. The van der Waals surface area contributed by atoms with Gasteiger partial charge in [-0.15, -0.1) is 0 Å². The van der Waals surface area contributed by atoms with Crippen LogP contribution in [0, 0.1) is 5.92 Å². The molecule has 2 rings (SSSR count). The summed E-state index contributed by atoms with van der Waals surface area (Å²) in [5.74, 6) is 1.56. The molecule has 0 radical (unpaired) electrons. The molecule has 1 aliphatic carbocycles. The summed E-state index contributed by atoms with van der Waals surface area (Å²) in [4.78, 5) is 10.6. The largest absolute Gasteiger partial charge is 0.403 e. The zero-order valence-corrected chi connectivity index (χ0v) is 15.8. The van der Waals surface area contributed by atoms with Crippen LogP contribution in [0.1, 0.15) is 26.7 Å². The molecule has 1 aliphatic heterocycles. The standard InChI is InChI=1S/C17H32F3N5/c1-5-21-16(22-12-15(23(3)4)14-6-7-14)25-10-8-24(9-11-25)13(2)17(18,19)20/h13-15H,5-12H2,1-4H3,(H,21,22). The van der Waals surface area contributed by atoms with Crippen LogP contribution in [-0.2, 0) is 0 Å². The zero-order chi connectivity index (χ0) is 18.6. The average molecular weight is 363 g/mol. The Labute approximate surface area is 149 Å². The Balaban J connectivity index is 1.93. The van der Waals surface area contributed by atoms with Crippen molar-refractivity contribution in [2.24, 2.45) is 10.9 Å². The average Bonchev–Trinajstić information content (AvgIpc) is 3.37. The Bertz CT molecular complexity index is 438. The number of likely N-dealkylation sites (N-methyl/N-ethyl adjacent to an activating group) is 1. The second-order valence-corrected chi connectivity index (χ2v) is 7.30. The second kappa shape index (κ2) is 8.58. The van der Waals surface area contributed by atoms with Crippen LogP contribution in [-0.4, -0.2) is 92.3 Å². The Morgan fingerprint density at radius 1 is 1.20 bits per heavy atom. The number of hydrogen-bond donors (Lipinski definition) is 1. The van der Waals surface area contributed by atoms with E-state index in [2.05, 4.69) is 29.2 Å². The molecule has 2 atom stereocenters. The number of aliphatic imine (C=N–C) groups is 1. The molecular weight excluding hydrogens is 331 g/mol. The maximum Gasteiger partial charge on any atom is 0.403 e. The maximum absolute atomic E-state index is 12.9. The lowest BCUT2D eigenvalue weighted by Crippen LogP contribution is -2.57. The molecule has 0 spiro atoms. The fraction of sp³-hybridized carbons (Fsp3) is 0.941. The molecule has 0 amide bonds. The lowest BCUT2D eigenvalue weighted by molar-refractivity contribution is -0.181. The number of rotatable bonds is 6. The maximum atomic E-state index is 12.9. The van der Waals surface area contributed by atoms with Gasteiger partial charge in [-0.3, -0.25) is 9.89 Å². The highest BCUT2D eigenvalue weighted by Gasteiger charge is 2.41. The quantitative estimate of drug-likeness (QED) is 0.577. The molecule has 146 valence electrons. The van der Waals surface area contributed by atoms with Gasteiger partial charge in [0.2, 0.25) is 0 Å². The van der Waals surface area contributed by atoms with E-state index in [0.29, 0.717) is 32.2 Å². The monoisotopic (exact) mass is 363 g/mol. The third-order valence-corrected chi connectivity index (χ3v) is 5.23. The van der Waals surface area contributed by atoms with Crippen molar-refractivity contribution in [1.82, 2.24) is 20.0 Å². The molecule has 2 unspecified atom stereocenters. The molecule has 0 aromatic heterocycles. The van der Waals surface area contributed by atoms with Crippen LogP contribution in [0.15, 0.2) is 4.99 Å². The van der Waals surface area contributed by atoms with E-state index < -0.39 is 12.2 Å². The molecule has 2 fully saturated rings. The van der Waals surface area contributed by atoms with Gasteiger partial charge in [0.1, 0.15) is 6.04 Å². The number of hydrogen-bond acceptors (Lipinski definition) is 3. The number of piperazine rings is 1. The molecule has 8 heteroatoms. The van der Waals surface area contributed by atoms with E-state index in [9.17, 15) is 13.2 Å². The van der Waals surface area contributed by atoms with Crippen molar-refractivity contribution in [3.63, 3.8) is 0 Å². The van der Waals surface area contributed by atoms with Crippen molar-refractivity contribution in [1.29, 1.82) is 0 Å². The van der Waals surface area contributed by atoms with Crippen LogP contribution >= 0.6 is 0 Å². The highest BCUT2D eigenvalue weighted by molar-refractivity contribution is 5.80. The van der Waals surface area contributed by atoms with Gasteiger partial charge < -0.3 is 15.1 Å². The first-order valence-electron chi connectivity index (χ1n) is 9.24. The molecule has 1 saturated heterocycles. The Hall–Kier alpha value is -1.02. The molecular formula is C17H32F3N5. The summed E-state index contributed by atoms with van der Waals surface area (Å²) in [7, 11) is 4.17. The summed E-state index contributed by atoms with van der Waals surface area (Å²) in [6, 6.07) is -0.942. The highest BCUT2D eigenvalue weighted by atomic mass is 19.4. The van der Waals surface area contributed by atoms with Crippen LogP contribution in [0.5, 0.6) is 0 Å². The SMILES string of the molecule is CCNC(=NCC(C1CC1)N(C)C)N1CCN(C(C)C(F)(F)F)CC1. The van der Waals surface area contributed by atoms with Crippen LogP contribution in [0.4, 0.5) is 13.2 Å². The van der Waals surface area contributed by atoms with Crippen molar-refractivity contribution in [3.05, 3.63) is 0 Å². The van der Waals surface area contributed by atoms with E-state index in [0.717, 1.165) is 25.0 Å². The summed E-state index contributed by atoms with van der Waals surface area (Å²) < 4.78 is 38.6. The Morgan fingerprint density at radius 3 is 2.24 bits per heavy atom. The van der Waals surface area contributed by atoms with Crippen LogP contribution in [0.3, 0.4) is 0 Å². The molecule has 1 saturated carbocycles. The van der Waals surface area contributed by atoms with E-state index in [4.69, 9.17) is 4.99 Å². The van der Waals surface area contributed by atoms with Gasteiger partial charge in [-0.05, 0) is 46.7 Å². The van der Waals surface area contributed by atoms with Gasteiger partial charge in [0, 0.05) is 38.8 Å². The van der Waals surface area contributed by atoms with Crippen molar-refractivity contribution >= 4 is 5.96 Å². The van der Waals surface area contributed by atoms with Gasteiger partial charge in [0.15, 0.2) is 5.96 Å². The summed E-state index contributed by atoms with van der Waals surface area (Å²) in [5, 5.41) is 3.30. The normalized spacial score (nSPS) is 23.0.